The van der Waals surface area contributed by atoms with E-state index in [9.17, 15) is 0 Å². The van der Waals surface area contributed by atoms with Gasteiger partial charge in [-0.3, -0.25) is 0 Å². The highest BCUT2D eigenvalue weighted by atomic mass is 35.5. The van der Waals surface area contributed by atoms with Crippen LogP contribution in [0.3, 0.4) is 0 Å². The van der Waals surface area contributed by atoms with Gasteiger partial charge in [0.05, 0.1) is 0 Å². The van der Waals surface area contributed by atoms with E-state index >= 15 is 0 Å². The second-order valence-corrected chi connectivity index (χ2v) is 6.31. The van der Waals surface area contributed by atoms with Crippen LogP contribution in [-0.4, -0.2) is 11.8 Å². The van der Waals surface area contributed by atoms with E-state index in [4.69, 9.17) is 34.8 Å². The Morgan fingerprint density at radius 2 is 1.67 bits per heavy atom. The van der Waals surface area contributed by atoms with Crippen LogP contribution in [0.5, 0.6) is 0 Å². The van der Waals surface area contributed by atoms with E-state index in [2.05, 4.69) is 17.5 Å². The summed E-state index contributed by atoms with van der Waals surface area (Å²) in [5.74, 6) is 0.992. The molecule has 0 aliphatic rings. The molecular formula is C14H13Cl3S. The molecule has 0 saturated heterocycles. The van der Waals surface area contributed by atoms with Crippen LogP contribution in [0.4, 0.5) is 0 Å². The van der Waals surface area contributed by atoms with Crippen LogP contribution in [-0.2, 0) is 11.8 Å². The molecule has 2 aromatic rings. The standard InChI is InChI=1S/C14H13Cl3S/c15-9-14(10-16,8-13-2-1-7-18-13)11-3-5-12(17)6-4-11/h1-7H,8-10H2. The van der Waals surface area contributed by atoms with Crippen molar-refractivity contribution in [2.75, 3.05) is 11.8 Å². The molecule has 0 spiro atoms. The van der Waals surface area contributed by atoms with Crippen molar-refractivity contribution in [1.82, 2.24) is 0 Å². The van der Waals surface area contributed by atoms with E-state index in [-0.39, 0.29) is 5.41 Å². The first-order valence-electron chi connectivity index (χ1n) is 5.60. The molecule has 96 valence electrons. The molecular weight excluding hydrogens is 307 g/mol. The molecule has 0 unspecified atom stereocenters. The fourth-order valence-corrected chi connectivity index (χ4v) is 3.69. The summed E-state index contributed by atoms with van der Waals surface area (Å²) < 4.78 is 0. The molecule has 0 nitrogen and oxygen atoms in total. The van der Waals surface area contributed by atoms with Gasteiger partial charge in [0.25, 0.3) is 0 Å². The Hall–Kier alpha value is -0.210. The van der Waals surface area contributed by atoms with Crippen LogP contribution in [0.2, 0.25) is 5.02 Å². The molecule has 0 atom stereocenters. The molecule has 1 aromatic carbocycles. The Bertz CT molecular complexity index is 472. The van der Waals surface area contributed by atoms with Crippen molar-refractivity contribution in [3.8, 4) is 0 Å². The lowest BCUT2D eigenvalue weighted by molar-refractivity contribution is 0.541. The summed E-state index contributed by atoms with van der Waals surface area (Å²) in [4.78, 5) is 1.30. The highest BCUT2D eigenvalue weighted by Crippen LogP contribution is 2.33. The first-order valence-corrected chi connectivity index (χ1v) is 7.93. The lowest BCUT2D eigenvalue weighted by atomic mass is 9.80. The Morgan fingerprint density at radius 3 is 2.17 bits per heavy atom. The van der Waals surface area contributed by atoms with Crippen LogP contribution >= 0.6 is 46.1 Å². The maximum Gasteiger partial charge on any atom is 0.0406 e. The monoisotopic (exact) mass is 318 g/mol. The normalized spacial score (nSPS) is 11.7. The molecule has 0 radical (unpaired) electrons. The minimum absolute atomic E-state index is 0.224. The lowest BCUT2D eigenvalue weighted by Gasteiger charge is -2.30. The second kappa shape index (κ2) is 6.29. The number of thiophene rings is 1. The summed E-state index contributed by atoms with van der Waals surface area (Å²) in [6, 6.07) is 12.0. The Kier molecular flexibility index (Phi) is 4.97. The van der Waals surface area contributed by atoms with Crippen LogP contribution in [0, 0.1) is 0 Å². The largest absolute Gasteiger partial charge is 0.149 e. The Balaban J connectivity index is 2.33. The molecule has 18 heavy (non-hydrogen) atoms. The number of alkyl halides is 2. The summed E-state index contributed by atoms with van der Waals surface area (Å²) >= 11 is 20.1. The van der Waals surface area contributed by atoms with Crippen molar-refractivity contribution in [3.05, 3.63) is 57.2 Å². The van der Waals surface area contributed by atoms with Gasteiger partial charge >= 0.3 is 0 Å². The molecule has 0 bridgehead atoms. The summed E-state index contributed by atoms with van der Waals surface area (Å²) in [5.41, 5.74) is 0.920. The van der Waals surface area contributed by atoms with Gasteiger partial charge in [0.1, 0.15) is 0 Å². The average molecular weight is 320 g/mol. The fraction of sp³-hybridized carbons (Fsp3) is 0.286. The number of halogens is 3. The van der Waals surface area contributed by atoms with Crippen LogP contribution in [0.25, 0.3) is 0 Å². The Morgan fingerprint density at radius 1 is 1.00 bits per heavy atom. The minimum atomic E-state index is -0.224. The van der Waals surface area contributed by atoms with E-state index < -0.39 is 0 Å². The number of hydrogen-bond donors (Lipinski definition) is 0. The topological polar surface area (TPSA) is 0 Å². The predicted octanol–water partition coefficient (Wildman–Crippen LogP) is 5.36. The maximum atomic E-state index is 6.20. The fourth-order valence-electron chi connectivity index (χ4n) is 1.94. The van der Waals surface area contributed by atoms with Crippen molar-refractivity contribution < 1.29 is 0 Å². The smallest absolute Gasteiger partial charge is 0.0406 e. The van der Waals surface area contributed by atoms with Gasteiger partial charge in [0.2, 0.25) is 0 Å². The molecule has 1 aromatic heterocycles. The van der Waals surface area contributed by atoms with Gasteiger partial charge in [-0.1, -0.05) is 29.8 Å². The van der Waals surface area contributed by atoms with E-state index in [1.807, 2.05) is 24.3 Å². The molecule has 0 fully saturated rings. The third kappa shape index (κ3) is 3.03. The number of benzene rings is 1. The first kappa shape index (κ1) is 14.2. The summed E-state index contributed by atoms with van der Waals surface area (Å²) in [7, 11) is 0. The minimum Gasteiger partial charge on any atom is -0.149 e. The molecule has 4 heteroatoms. The SMILES string of the molecule is ClCC(CCl)(Cc1cccs1)c1ccc(Cl)cc1. The molecule has 1 heterocycles. The van der Waals surface area contributed by atoms with Gasteiger partial charge in [-0.15, -0.1) is 34.5 Å². The molecule has 0 amide bonds. The highest BCUT2D eigenvalue weighted by molar-refractivity contribution is 7.09. The molecule has 2 rings (SSSR count). The lowest BCUT2D eigenvalue weighted by Crippen LogP contribution is -2.33. The Labute approximate surface area is 126 Å². The molecule has 0 saturated carbocycles. The zero-order valence-electron chi connectivity index (χ0n) is 9.70. The van der Waals surface area contributed by atoms with Crippen LogP contribution < -0.4 is 0 Å². The van der Waals surface area contributed by atoms with Gasteiger partial charge in [-0.2, -0.15) is 0 Å². The second-order valence-electron chi connectivity index (χ2n) is 4.31. The van der Waals surface area contributed by atoms with E-state index in [0.29, 0.717) is 11.8 Å². The van der Waals surface area contributed by atoms with Gasteiger partial charge < -0.3 is 0 Å². The summed E-state index contributed by atoms with van der Waals surface area (Å²) in [5, 5.41) is 2.80. The molecule has 0 aliphatic heterocycles. The maximum absolute atomic E-state index is 6.20. The van der Waals surface area contributed by atoms with E-state index in [1.54, 1.807) is 11.3 Å². The van der Waals surface area contributed by atoms with Crippen molar-refractivity contribution in [3.63, 3.8) is 0 Å². The van der Waals surface area contributed by atoms with Crippen molar-refractivity contribution in [2.24, 2.45) is 0 Å². The zero-order chi connectivity index (χ0) is 13.0. The third-order valence-electron chi connectivity index (χ3n) is 3.06. The number of rotatable bonds is 5. The average Bonchev–Trinajstić information content (AvgIpc) is 2.90. The van der Waals surface area contributed by atoms with E-state index in [1.165, 1.54) is 4.88 Å². The van der Waals surface area contributed by atoms with Gasteiger partial charge in [0.15, 0.2) is 0 Å². The summed E-state index contributed by atoms with van der Waals surface area (Å²) in [6.45, 7) is 0. The van der Waals surface area contributed by atoms with Crippen LogP contribution in [0.1, 0.15) is 10.4 Å². The molecule has 0 N–H and O–H groups in total. The van der Waals surface area contributed by atoms with Crippen LogP contribution in [0.15, 0.2) is 41.8 Å². The van der Waals surface area contributed by atoms with Crippen molar-refractivity contribution in [1.29, 1.82) is 0 Å². The highest BCUT2D eigenvalue weighted by Gasteiger charge is 2.31. The van der Waals surface area contributed by atoms with Crippen molar-refractivity contribution in [2.45, 2.75) is 11.8 Å². The quantitative estimate of drug-likeness (QED) is 0.651. The summed E-state index contributed by atoms with van der Waals surface area (Å²) in [6.07, 6.45) is 0.860. The van der Waals surface area contributed by atoms with Crippen molar-refractivity contribution >= 4 is 46.1 Å². The third-order valence-corrected chi connectivity index (χ3v) is 5.21. The zero-order valence-corrected chi connectivity index (χ0v) is 12.8. The van der Waals surface area contributed by atoms with Gasteiger partial charge in [-0.25, -0.2) is 0 Å². The van der Waals surface area contributed by atoms with Gasteiger partial charge in [0, 0.05) is 27.1 Å². The first-order chi connectivity index (χ1) is 8.70. The van der Waals surface area contributed by atoms with E-state index in [0.717, 1.165) is 17.0 Å². The number of hydrogen-bond acceptors (Lipinski definition) is 1. The predicted molar refractivity (Wildman–Crippen MR) is 82.6 cm³/mol. The van der Waals surface area contributed by atoms with Gasteiger partial charge in [-0.05, 0) is 35.6 Å². The molecule has 0 aliphatic carbocycles.